The van der Waals surface area contributed by atoms with E-state index in [1.54, 1.807) is 12.1 Å². The van der Waals surface area contributed by atoms with Crippen LogP contribution in [0.4, 0.5) is 13.2 Å². The Hall–Kier alpha value is -2.72. The first kappa shape index (κ1) is 17.7. The summed E-state index contributed by atoms with van der Waals surface area (Å²) in [7, 11) is 0.989. The fourth-order valence-corrected chi connectivity index (χ4v) is 4.35. The van der Waals surface area contributed by atoms with Crippen molar-refractivity contribution in [3.8, 4) is 16.3 Å². The van der Waals surface area contributed by atoms with Crippen molar-refractivity contribution in [3.63, 3.8) is 0 Å². The van der Waals surface area contributed by atoms with E-state index in [0.29, 0.717) is 16.3 Å². The highest BCUT2D eigenvalue weighted by molar-refractivity contribution is 7.16. The monoisotopic (exact) mass is 409 g/mol. The van der Waals surface area contributed by atoms with Crippen molar-refractivity contribution in [2.45, 2.75) is 6.18 Å². The van der Waals surface area contributed by atoms with Crippen LogP contribution in [-0.4, -0.2) is 13.5 Å². The van der Waals surface area contributed by atoms with Gasteiger partial charge >= 0.3 is 11.9 Å². The van der Waals surface area contributed by atoms with Gasteiger partial charge in [-0.2, -0.15) is 17.5 Å². The molecule has 0 unspecified atom stereocenters. The molecular formula is C17H10F3N3O2S2. The van der Waals surface area contributed by atoms with Crippen LogP contribution in [0.25, 0.3) is 26.3 Å². The van der Waals surface area contributed by atoms with Crippen LogP contribution >= 0.6 is 22.9 Å². The van der Waals surface area contributed by atoms with Crippen molar-refractivity contribution in [3.05, 3.63) is 68.3 Å². The minimum Gasteiger partial charge on any atom is -0.292 e. The van der Waals surface area contributed by atoms with Crippen LogP contribution in [0.5, 0.6) is 0 Å². The van der Waals surface area contributed by atoms with Gasteiger partial charge in [-0.15, -0.1) is 11.3 Å². The molecule has 0 aliphatic heterocycles. The Morgan fingerprint density at radius 1 is 1.11 bits per heavy atom. The number of halogens is 3. The van der Waals surface area contributed by atoms with E-state index in [4.69, 9.17) is 0 Å². The molecule has 0 radical (unpaired) electrons. The number of rotatable bonds is 2. The van der Waals surface area contributed by atoms with Crippen LogP contribution in [0, 0.1) is 0 Å². The zero-order chi connectivity index (χ0) is 19.3. The number of fused-ring (bicyclic) bond motifs is 1. The molecule has 0 atom stereocenters. The summed E-state index contributed by atoms with van der Waals surface area (Å²) in [6.45, 7) is 0. The van der Waals surface area contributed by atoms with Gasteiger partial charge in [0, 0.05) is 18.5 Å². The summed E-state index contributed by atoms with van der Waals surface area (Å²) in [5.41, 5.74) is -2.48. The summed E-state index contributed by atoms with van der Waals surface area (Å²) in [5.74, 6) is 0. The molecule has 0 aliphatic carbocycles. The maximum atomic E-state index is 13.0. The van der Waals surface area contributed by atoms with Crippen LogP contribution in [0.3, 0.4) is 0 Å². The number of hydrogen-bond acceptors (Lipinski definition) is 5. The minimum absolute atomic E-state index is 0.194. The highest BCUT2D eigenvalue weighted by Gasteiger charge is 2.35. The van der Waals surface area contributed by atoms with E-state index < -0.39 is 23.1 Å². The highest BCUT2D eigenvalue weighted by Crippen LogP contribution is 2.34. The molecule has 3 aromatic heterocycles. The van der Waals surface area contributed by atoms with Gasteiger partial charge in [-0.25, -0.2) is 9.36 Å². The molecule has 0 amide bonds. The molecular weight excluding hydrogens is 399 g/mol. The number of aromatic nitrogens is 3. The summed E-state index contributed by atoms with van der Waals surface area (Å²) in [6.07, 6.45) is -4.79. The lowest BCUT2D eigenvalue weighted by Gasteiger charge is -2.14. The van der Waals surface area contributed by atoms with Gasteiger partial charge in [-0.3, -0.25) is 9.36 Å². The van der Waals surface area contributed by atoms with Gasteiger partial charge in [-0.05, 0) is 41.2 Å². The number of thiophene rings is 1. The second-order valence-electron chi connectivity index (χ2n) is 5.73. The Morgan fingerprint density at radius 2 is 1.89 bits per heavy atom. The minimum atomic E-state index is -4.79. The normalized spacial score (nSPS) is 12.0. The Labute approximate surface area is 157 Å². The molecule has 0 spiro atoms. The zero-order valence-corrected chi connectivity index (χ0v) is 15.3. The van der Waals surface area contributed by atoms with Gasteiger partial charge in [0.2, 0.25) is 0 Å². The van der Waals surface area contributed by atoms with E-state index in [-0.39, 0.29) is 5.69 Å². The Balaban J connectivity index is 1.96. The lowest BCUT2D eigenvalue weighted by Crippen LogP contribution is -2.40. The fraction of sp³-hybridized carbons (Fsp3) is 0.118. The first-order chi connectivity index (χ1) is 12.8. The summed E-state index contributed by atoms with van der Waals surface area (Å²) in [6, 6.07) is 9.03. The van der Waals surface area contributed by atoms with Crippen LogP contribution < -0.4 is 11.2 Å². The third kappa shape index (κ3) is 2.90. The SMILES string of the molecule is Cn1c(C(F)(F)F)cc(=O)n(-c2ccc3snc(-c4cccs4)c3c2)c1=O. The first-order valence-electron chi connectivity index (χ1n) is 7.61. The van der Waals surface area contributed by atoms with E-state index in [2.05, 4.69) is 4.37 Å². The number of nitrogens with zero attached hydrogens (tertiary/aromatic N) is 3. The van der Waals surface area contributed by atoms with Gasteiger partial charge in [-0.1, -0.05) is 6.07 Å². The second kappa shape index (κ2) is 6.17. The van der Waals surface area contributed by atoms with Crippen molar-refractivity contribution in [2.24, 2.45) is 7.05 Å². The van der Waals surface area contributed by atoms with Crippen LogP contribution in [0.1, 0.15) is 5.69 Å². The van der Waals surface area contributed by atoms with Crippen LogP contribution in [0.2, 0.25) is 0 Å². The third-order valence-electron chi connectivity index (χ3n) is 4.08. The number of alkyl halides is 3. The maximum absolute atomic E-state index is 13.0. The van der Waals surface area contributed by atoms with E-state index in [9.17, 15) is 22.8 Å². The average Bonchev–Trinajstić information content (AvgIpc) is 3.26. The molecule has 0 aliphatic rings. The molecule has 10 heteroatoms. The topological polar surface area (TPSA) is 56.9 Å². The van der Waals surface area contributed by atoms with Crippen molar-refractivity contribution in [1.29, 1.82) is 0 Å². The van der Waals surface area contributed by atoms with E-state index >= 15 is 0 Å². The Bertz CT molecular complexity index is 1270. The molecule has 4 rings (SSSR count). The number of benzene rings is 1. The Kier molecular flexibility index (Phi) is 4.04. The van der Waals surface area contributed by atoms with Gasteiger partial charge in [0.1, 0.15) is 11.4 Å². The molecule has 3 heterocycles. The molecule has 0 saturated carbocycles. The average molecular weight is 409 g/mol. The second-order valence-corrected chi connectivity index (χ2v) is 7.48. The maximum Gasteiger partial charge on any atom is 0.431 e. The smallest absolute Gasteiger partial charge is 0.292 e. The van der Waals surface area contributed by atoms with Crippen LogP contribution in [-0.2, 0) is 13.2 Å². The summed E-state index contributed by atoms with van der Waals surface area (Å²) in [5, 5.41) is 2.63. The van der Waals surface area contributed by atoms with Crippen molar-refractivity contribution < 1.29 is 13.2 Å². The van der Waals surface area contributed by atoms with Crippen LogP contribution in [0.15, 0.2) is 51.4 Å². The first-order valence-corrected chi connectivity index (χ1v) is 9.26. The largest absolute Gasteiger partial charge is 0.431 e. The molecule has 1 aromatic carbocycles. The Morgan fingerprint density at radius 3 is 2.56 bits per heavy atom. The van der Waals surface area contributed by atoms with Gasteiger partial charge in [0.15, 0.2) is 0 Å². The van der Waals surface area contributed by atoms with Gasteiger partial charge in [0.25, 0.3) is 5.56 Å². The summed E-state index contributed by atoms with van der Waals surface area (Å²) >= 11 is 2.77. The van der Waals surface area contributed by atoms with Crippen molar-refractivity contribution in [2.75, 3.05) is 0 Å². The zero-order valence-electron chi connectivity index (χ0n) is 13.6. The molecule has 5 nitrogen and oxygen atoms in total. The molecule has 0 bridgehead atoms. The van der Waals surface area contributed by atoms with Crippen molar-refractivity contribution in [1.82, 2.24) is 13.5 Å². The van der Waals surface area contributed by atoms with Gasteiger partial charge < -0.3 is 0 Å². The predicted molar refractivity (Wildman–Crippen MR) is 98.8 cm³/mol. The molecule has 27 heavy (non-hydrogen) atoms. The fourth-order valence-electron chi connectivity index (χ4n) is 2.79. The molecule has 0 saturated heterocycles. The van der Waals surface area contributed by atoms with E-state index in [1.807, 2.05) is 17.5 Å². The molecule has 0 fully saturated rings. The lowest BCUT2D eigenvalue weighted by molar-refractivity contribution is -0.144. The highest BCUT2D eigenvalue weighted by atomic mass is 32.1. The quantitative estimate of drug-likeness (QED) is 0.505. The van der Waals surface area contributed by atoms with E-state index in [1.165, 1.54) is 28.9 Å². The lowest BCUT2D eigenvalue weighted by atomic mass is 10.2. The van der Waals surface area contributed by atoms with Crippen molar-refractivity contribution >= 4 is 33.0 Å². The number of hydrogen-bond donors (Lipinski definition) is 0. The standard InChI is InChI=1S/C17H10F3N3O2S2/c1-22-13(17(18,19)20)8-14(24)23(16(22)25)9-4-5-11-10(7-9)15(21-27-11)12-3-2-6-26-12/h2-8H,1H3. The molecule has 138 valence electrons. The molecule has 4 aromatic rings. The summed E-state index contributed by atoms with van der Waals surface area (Å²) in [4.78, 5) is 25.7. The predicted octanol–water partition coefficient (Wildman–Crippen LogP) is 3.89. The summed E-state index contributed by atoms with van der Waals surface area (Å²) < 4.78 is 45.4. The molecule has 0 N–H and O–H groups in total. The third-order valence-corrected chi connectivity index (χ3v) is 5.78. The van der Waals surface area contributed by atoms with E-state index in [0.717, 1.165) is 26.6 Å². The van der Waals surface area contributed by atoms with Gasteiger partial charge in [0.05, 0.1) is 15.3 Å².